The number of rotatable bonds is 0. The molecule has 25 rings (SSSR count). The number of ketones is 6. The van der Waals surface area contributed by atoms with E-state index in [0.29, 0.717) is 33.0 Å². The molecule has 0 aromatic carbocycles. The highest BCUT2D eigenvalue weighted by molar-refractivity contribution is 5.95. The number of ether oxygens (including phenoxy) is 30. The van der Waals surface area contributed by atoms with Gasteiger partial charge in [0.2, 0.25) is 34.7 Å². The van der Waals surface area contributed by atoms with Crippen LogP contribution in [-0.2, 0) is 171 Å². The molecule has 7 aliphatic carbocycles. The van der Waals surface area contributed by atoms with Gasteiger partial charge in [-0.15, -0.1) is 0 Å². The predicted octanol–water partition coefficient (Wildman–Crippen LogP) is 9.98. The summed E-state index contributed by atoms with van der Waals surface area (Å²) in [5, 5.41) is 0. The van der Waals surface area contributed by atoms with Crippen molar-refractivity contribution in [1.82, 2.24) is 0 Å². The average molecular weight is 1830 g/mol. The van der Waals surface area contributed by atoms with Crippen LogP contribution in [0, 0.1) is 0 Å². The lowest BCUT2D eigenvalue weighted by molar-refractivity contribution is -0.279. The minimum atomic E-state index is -1.34. The van der Waals surface area contributed by atoms with Gasteiger partial charge >= 0.3 is 0 Å². The highest BCUT2D eigenvalue weighted by Crippen LogP contribution is 2.56. The third-order valence-electron chi connectivity index (χ3n) is 30.2. The number of hydrogen-bond donors (Lipinski definition) is 0. The second-order valence-electron chi connectivity index (χ2n) is 42.4. The summed E-state index contributed by atoms with van der Waals surface area (Å²) in [5.41, 5.74) is 0. The van der Waals surface area contributed by atoms with Gasteiger partial charge in [-0.25, -0.2) is 0 Å². The number of hydrogen-bond acceptors (Lipinski definition) is 36. The fraction of sp³-hybridized carbons (Fsp3) is 0.935. The summed E-state index contributed by atoms with van der Waals surface area (Å²) in [7, 11) is 0. The molecule has 0 aromatic heterocycles. The molecule has 129 heavy (non-hydrogen) atoms. The van der Waals surface area contributed by atoms with Crippen LogP contribution in [0.3, 0.4) is 0 Å². The van der Waals surface area contributed by atoms with E-state index in [0.717, 1.165) is 180 Å². The van der Waals surface area contributed by atoms with Crippen molar-refractivity contribution in [3.8, 4) is 0 Å². The molecule has 0 amide bonds. The lowest BCUT2D eigenvalue weighted by Crippen LogP contribution is -2.59. The molecule has 18 heterocycles. The van der Waals surface area contributed by atoms with E-state index in [-0.39, 0.29) is 118 Å². The quantitative estimate of drug-likeness (QED) is 0.217. The smallest absolute Gasteiger partial charge is 0.258 e. The van der Waals surface area contributed by atoms with Crippen LogP contribution in [0.15, 0.2) is 0 Å². The summed E-state index contributed by atoms with van der Waals surface area (Å²) in [4.78, 5) is 77.2. The molecule has 0 N–H and O–H groups in total. The van der Waals surface area contributed by atoms with E-state index in [2.05, 4.69) is 0 Å². The van der Waals surface area contributed by atoms with Crippen molar-refractivity contribution in [3.63, 3.8) is 0 Å². The molecule has 18 atom stereocenters. The third-order valence-corrected chi connectivity index (χ3v) is 30.2. The molecule has 36 nitrogen and oxygen atoms in total. The van der Waals surface area contributed by atoms with Crippen LogP contribution < -0.4 is 0 Å². The van der Waals surface area contributed by atoms with E-state index >= 15 is 0 Å². The Labute approximate surface area is 753 Å². The van der Waals surface area contributed by atoms with Crippen LogP contribution in [0.2, 0.25) is 0 Å². The maximum atomic E-state index is 13.3. The topological polar surface area (TPSA) is 379 Å². The van der Waals surface area contributed by atoms with Crippen molar-refractivity contribution in [2.45, 2.75) is 471 Å². The fourth-order valence-electron chi connectivity index (χ4n) is 23.9. The Morgan fingerprint density at radius 2 is 0.341 bits per heavy atom. The van der Waals surface area contributed by atoms with Gasteiger partial charge in [0, 0.05) is 89.9 Å². The van der Waals surface area contributed by atoms with Crippen LogP contribution in [-0.4, -0.2) is 291 Å². The first-order chi connectivity index (χ1) is 61.3. The first-order valence-corrected chi connectivity index (χ1v) is 48.6. The standard InChI is InChI=1S/C20H30O6.C18H26O6.C15H22O6.2C14H20O6.C12H18O6/c21-17-16-15(24-19(25-16)11-7-3-4-8-12-19)13-22-20(17)14-23-18(26-20)9-5-1-2-6-10-18;19-15-14-13(22-17(23-14)9-5-2-6-10-17)11-20-18(15)12-21-16(24-18)7-3-1-4-8-16;1-13(2)19-10-8-17-15(12(16)11(10)20-13)9-18-14(21-15)6-4-3-5-7-14;2*1-12(2)18-9-7-16-14(11(15)10(9)19-12)8-17-13(20-14)5-3-4-6-13;1-10(2)15-6-12(18-10)9(13)8-7(5-14-12)16-11(3,4)17-8/h15-16H,1-14H2;13-14H,1-12H2;10-11H,3-9H2,1-2H3;2*9-10H,3-8H2,1-2H3;7-8H,5-6H2,1-4H3/t15-,16?,20+;13-,14?,18+;10-,11?,15+;2*9-,10?,14+;7-,8?,12+/m111111/s1. The maximum absolute atomic E-state index is 13.3. The molecule has 25 fully saturated rings. The van der Waals surface area contributed by atoms with Gasteiger partial charge in [0.05, 0.1) is 39.6 Å². The first-order valence-electron chi connectivity index (χ1n) is 48.6. The van der Waals surface area contributed by atoms with Crippen LogP contribution in [0.5, 0.6) is 0 Å². The Balaban J connectivity index is 0.0000000974. The summed E-state index contributed by atoms with van der Waals surface area (Å²) < 4.78 is 176. The third kappa shape index (κ3) is 17.8. The molecule has 18 aliphatic heterocycles. The van der Waals surface area contributed by atoms with Gasteiger partial charge in [-0.1, -0.05) is 44.9 Å². The van der Waals surface area contributed by atoms with Gasteiger partial charge in [-0.05, 0) is 159 Å². The van der Waals surface area contributed by atoms with Crippen LogP contribution in [0.1, 0.15) is 294 Å². The molecule has 13 spiro atoms. The molecule has 724 valence electrons. The van der Waals surface area contributed by atoms with Gasteiger partial charge < -0.3 is 142 Å². The Morgan fingerprint density at radius 1 is 0.171 bits per heavy atom. The molecule has 0 aromatic rings. The van der Waals surface area contributed by atoms with Gasteiger partial charge in [0.15, 0.2) is 106 Å². The SMILES string of the molecule is CC1(C)OC2C(=O)[C@@]3(COC(C)(C)O3)OC[C@H]2O1.CC1(C)OC2C(=O)[C@@]3(COC4(CCCC4)O3)OC[C@H]2O1.CC1(C)OC2C(=O)[C@@]3(COC4(CCCC4)O3)OC[C@H]2O1.CC1(C)OC2C(=O)[C@@]3(COC4(CCCCC4)O3)OC[C@H]2O1.O=C1C2OC3(CCCCC3)O[C@@H]2CO[C@]12COC1(CCCCC1)O2.O=C1C2OC3(CCCCCC3)O[C@@H]2CO[C@]12COC1(CCCCCC1)O2. The first kappa shape index (κ1) is 93.5. The zero-order valence-electron chi connectivity index (χ0n) is 76.9. The minimum absolute atomic E-state index is 0.0891. The highest BCUT2D eigenvalue weighted by Gasteiger charge is 2.72. The minimum Gasteiger partial charge on any atom is -0.344 e. The summed E-state index contributed by atoms with van der Waals surface area (Å²) in [6.07, 6.45) is 29.3. The van der Waals surface area contributed by atoms with Crippen LogP contribution >= 0.6 is 0 Å². The normalized spacial score (nSPS) is 44.2. The van der Waals surface area contributed by atoms with Crippen molar-refractivity contribution in [2.24, 2.45) is 0 Å². The number of carbonyl (C=O) groups is 6. The van der Waals surface area contributed by atoms with E-state index in [4.69, 9.17) is 142 Å². The Morgan fingerprint density at radius 3 is 0.550 bits per heavy atom. The molecular weight excluding hydrogens is 1690 g/mol. The lowest BCUT2D eigenvalue weighted by atomic mass is 9.94. The van der Waals surface area contributed by atoms with E-state index in [9.17, 15) is 28.8 Å². The molecule has 6 unspecified atom stereocenters. The predicted molar refractivity (Wildman–Crippen MR) is 434 cm³/mol. The Bertz CT molecular complexity index is 4010. The average Bonchev–Trinajstić information content (AvgIpc) is 1.47. The molecule has 18 saturated heterocycles. The second kappa shape index (κ2) is 34.4. The fourth-order valence-corrected chi connectivity index (χ4v) is 23.9. The van der Waals surface area contributed by atoms with E-state index < -0.39 is 141 Å². The van der Waals surface area contributed by atoms with E-state index in [1.165, 1.54) is 44.9 Å². The number of Topliss-reactive ketones (excluding diaryl/α,β-unsaturated/α-hetero) is 6. The molecule has 7 saturated carbocycles. The van der Waals surface area contributed by atoms with Crippen molar-refractivity contribution < 1.29 is 171 Å². The van der Waals surface area contributed by atoms with Crippen LogP contribution in [0.25, 0.3) is 0 Å². The largest absolute Gasteiger partial charge is 0.344 e. The van der Waals surface area contributed by atoms with Crippen molar-refractivity contribution in [1.29, 1.82) is 0 Å². The molecule has 0 radical (unpaired) electrons. The Hall–Kier alpha value is -3.18. The highest BCUT2D eigenvalue weighted by atomic mass is 16.9. The van der Waals surface area contributed by atoms with Crippen molar-refractivity contribution in [2.75, 3.05) is 79.3 Å². The van der Waals surface area contributed by atoms with Gasteiger partial charge in [0.1, 0.15) is 76.3 Å². The summed E-state index contributed by atoms with van der Waals surface area (Å²) in [5.74, 6) is -17.2. The molecule has 25 aliphatic rings. The van der Waals surface area contributed by atoms with Crippen LogP contribution in [0.4, 0.5) is 0 Å². The van der Waals surface area contributed by atoms with Gasteiger partial charge in [-0.2, -0.15) is 0 Å². The zero-order valence-corrected chi connectivity index (χ0v) is 76.9. The molecule has 36 heteroatoms. The maximum Gasteiger partial charge on any atom is 0.258 e. The zero-order chi connectivity index (χ0) is 89.8. The van der Waals surface area contributed by atoms with Gasteiger partial charge in [-0.3, -0.25) is 28.8 Å². The van der Waals surface area contributed by atoms with Crippen molar-refractivity contribution >= 4 is 34.7 Å². The molecule has 0 bridgehead atoms. The second-order valence-corrected chi connectivity index (χ2v) is 42.4. The van der Waals surface area contributed by atoms with E-state index in [1.54, 1.807) is 69.2 Å². The summed E-state index contributed by atoms with van der Waals surface area (Å²) in [6, 6.07) is 0. The Kier molecular flexibility index (Phi) is 24.9. The van der Waals surface area contributed by atoms with Crippen molar-refractivity contribution in [3.05, 3.63) is 0 Å². The lowest BCUT2D eigenvalue weighted by Gasteiger charge is -2.38. The number of fused-ring (bicyclic) bond motifs is 6. The van der Waals surface area contributed by atoms with Gasteiger partial charge in [0.25, 0.3) is 34.7 Å². The summed E-state index contributed by atoms with van der Waals surface area (Å²) in [6.45, 7) is 20.6. The summed E-state index contributed by atoms with van der Waals surface area (Å²) >= 11 is 0. The van der Waals surface area contributed by atoms with E-state index in [1.807, 2.05) is 0 Å². The monoisotopic (exact) mass is 1830 g/mol. The molecular formula is C93H136O36. The number of carbonyl (C=O) groups excluding carboxylic acids is 6.